The van der Waals surface area contributed by atoms with Crippen LogP contribution in [-0.4, -0.2) is 16.8 Å². The number of hydrogen-bond donors (Lipinski definition) is 0. The van der Waals surface area contributed by atoms with Crippen LogP contribution in [0.15, 0.2) is 0 Å². The molecular weight excluding hydrogens is 164 g/mol. The van der Waals surface area contributed by atoms with Crippen molar-refractivity contribution in [2.45, 2.75) is 40.0 Å². The second-order valence-corrected chi connectivity index (χ2v) is 3.76. The summed E-state index contributed by atoms with van der Waals surface area (Å²) in [6.45, 7) is 6.23. The van der Waals surface area contributed by atoms with Gasteiger partial charge < -0.3 is 5.53 Å². The lowest BCUT2D eigenvalue weighted by molar-refractivity contribution is -0.120. The van der Waals surface area contributed by atoms with Crippen molar-refractivity contribution in [1.29, 1.82) is 0 Å². The first kappa shape index (κ1) is 12.0. The molecule has 13 heavy (non-hydrogen) atoms. The van der Waals surface area contributed by atoms with Crippen LogP contribution in [0.1, 0.15) is 40.0 Å². The maximum atomic E-state index is 11.4. The third-order valence-corrected chi connectivity index (χ3v) is 1.98. The Morgan fingerprint density at radius 2 is 2.15 bits per heavy atom. The van der Waals surface area contributed by atoms with Gasteiger partial charge >= 0.3 is 6.21 Å². The van der Waals surface area contributed by atoms with Crippen molar-refractivity contribution in [3.8, 4) is 0 Å². The SMILES string of the molecule is CCC[C@H](CC(C)C)C(=O)C=[N+]=[N-]. The molecule has 0 aliphatic carbocycles. The Morgan fingerprint density at radius 1 is 1.54 bits per heavy atom. The topological polar surface area (TPSA) is 53.5 Å². The molecule has 0 fully saturated rings. The predicted molar refractivity (Wildman–Crippen MR) is 52.5 cm³/mol. The molecule has 0 saturated heterocycles. The van der Waals surface area contributed by atoms with Crippen molar-refractivity contribution in [2.75, 3.05) is 0 Å². The van der Waals surface area contributed by atoms with E-state index in [9.17, 15) is 4.79 Å². The van der Waals surface area contributed by atoms with Crippen LogP contribution in [0, 0.1) is 11.8 Å². The third-order valence-electron chi connectivity index (χ3n) is 1.98. The summed E-state index contributed by atoms with van der Waals surface area (Å²) in [4.78, 5) is 14.1. The quantitative estimate of drug-likeness (QED) is 0.353. The van der Waals surface area contributed by atoms with E-state index in [2.05, 4.69) is 25.6 Å². The summed E-state index contributed by atoms with van der Waals surface area (Å²) in [5.41, 5.74) is 8.24. The van der Waals surface area contributed by atoms with Gasteiger partial charge in [-0.2, -0.15) is 4.79 Å². The summed E-state index contributed by atoms with van der Waals surface area (Å²) in [6, 6.07) is 0. The molecule has 0 bridgehead atoms. The fraction of sp³-hybridized carbons (Fsp3) is 0.800. The maximum absolute atomic E-state index is 11.4. The summed E-state index contributed by atoms with van der Waals surface area (Å²) < 4.78 is 0. The Bertz CT molecular complexity index is 205. The average molecular weight is 182 g/mol. The zero-order chi connectivity index (χ0) is 10.3. The Hall–Kier alpha value is -0.950. The molecule has 0 spiro atoms. The minimum Gasteiger partial charge on any atom is -0.361 e. The average Bonchev–Trinajstić information content (AvgIpc) is 2.03. The molecule has 0 saturated carbocycles. The summed E-state index contributed by atoms with van der Waals surface area (Å²) >= 11 is 0. The van der Waals surface area contributed by atoms with Gasteiger partial charge in [0.2, 0.25) is 5.78 Å². The lowest BCUT2D eigenvalue weighted by Crippen LogP contribution is -2.18. The van der Waals surface area contributed by atoms with Crippen molar-refractivity contribution in [1.82, 2.24) is 0 Å². The van der Waals surface area contributed by atoms with Crippen molar-refractivity contribution in [3.63, 3.8) is 0 Å². The first-order valence-electron chi connectivity index (χ1n) is 4.83. The molecule has 1 atom stereocenters. The van der Waals surface area contributed by atoms with Crippen LogP contribution in [0.5, 0.6) is 0 Å². The van der Waals surface area contributed by atoms with Crippen LogP contribution in [0.25, 0.3) is 5.53 Å². The van der Waals surface area contributed by atoms with Crippen molar-refractivity contribution in [2.24, 2.45) is 11.8 Å². The van der Waals surface area contributed by atoms with Gasteiger partial charge in [-0.15, -0.1) is 0 Å². The zero-order valence-electron chi connectivity index (χ0n) is 8.66. The van der Waals surface area contributed by atoms with E-state index in [1.807, 2.05) is 0 Å². The number of ketones is 1. The van der Waals surface area contributed by atoms with E-state index in [0.717, 1.165) is 25.5 Å². The fourth-order valence-corrected chi connectivity index (χ4v) is 1.46. The normalized spacial score (nSPS) is 12.3. The highest BCUT2D eigenvalue weighted by molar-refractivity contribution is 6.26. The lowest BCUT2D eigenvalue weighted by atomic mass is 9.90. The highest BCUT2D eigenvalue weighted by Gasteiger charge is 2.19. The standard InChI is InChI=1S/C10H18N2O/c1-4-5-9(6-8(2)3)10(13)7-12-11/h7-9H,4-6H2,1-3H3/t9-/m1/s1. The molecule has 0 aliphatic heterocycles. The summed E-state index contributed by atoms with van der Waals surface area (Å²) in [5.74, 6) is 0.478. The van der Waals surface area contributed by atoms with Crippen LogP contribution >= 0.6 is 0 Å². The summed E-state index contributed by atoms with van der Waals surface area (Å²) in [7, 11) is 0. The van der Waals surface area contributed by atoms with Crippen molar-refractivity contribution < 1.29 is 9.58 Å². The monoisotopic (exact) mass is 182 g/mol. The van der Waals surface area contributed by atoms with Gasteiger partial charge in [-0.25, -0.2) is 0 Å². The van der Waals surface area contributed by atoms with Gasteiger partial charge in [0.15, 0.2) is 0 Å². The first-order chi connectivity index (χ1) is 6.11. The molecular formula is C10H18N2O. The molecule has 0 radical (unpaired) electrons. The Balaban J connectivity index is 4.22. The molecule has 0 aromatic carbocycles. The second-order valence-electron chi connectivity index (χ2n) is 3.76. The van der Waals surface area contributed by atoms with E-state index in [1.54, 1.807) is 0 Å². The van der Waals surface area contributed by atoms with Crippen LogP contribution in [0.3, 0.4) is 0 Å². The highest BCUT2D eigenvalue weighted by atomic mass is 16.1. The molecule has 0 aromatic heterocycles. The molecule has 3 nitrogen and oxygen atoms in total. The van der Waals surface area contributed by atoms with E-state index < -0.39 is 0 Å². The molecule has 0 rings (SSSR count). The molecule has 0 unspecified atom stereocenters. The largest absolute Gasteiger partial charge is 0.361 e. The molecule has 0 N–H and O–H groups in total. The minimum absolute atomic E-state index is 0.0286. The highest BCUT2D eigenvalue weighted by Crippen LogP contribution is 2.17. The molecule has 0 amide bonds. The van der Waals surface area contributed by atoms with Gasteiger partial charge in [-0.3, -0.25) is 4.79 Å². The number of hydrogen-bond acceptors (Lipinski definition) is 1. The fourth-order valence-electron chi connectivity index (χ4n) is 1.46. The summed E-state index contributed by atoms with van der Waals surface area (Å²) in [6.07, 6.45) is 3.76. The Morgan fingerprint density at radius 3 is 2.54 bits per heavy atom. The van der Waals surface area contributed by atoms with E-state index in [1.165, 1.54) is 0 Å². The van der Waals surface area contributed by atoms with Gasteiger partial charge in [0.25, 0.3) is 0 Å². The van der Waals surface area contributed by atoms with E-state index in [0.29, 0.717) is 5.92 Å². The minimum atomic E-state index is -0.0574. The molecule has 0 aromatic rings. The molecule has 0 aliphatic rings. The maximum Gasteiger partial charge on any atom is 0.323 e. The number of carbonyl (C=O) groups is 1. The van der Waals surface area contributed by atoms with E-state index >= 15 is 0 Å². The van der Waals surface area contributed by atoms with Crippen LogP contribution in [0.4, 0.5) is 0 Å². The smallest absolute Gasteiger partial charge is 0.323 e. The van der Waals surface area contributed by atoms with E-state index in [4.69, 9.17) is 5.53 Å². The van der Waals surface area contributed by atoms with Crippen LogP contribution < -0.4 is 0 Å². The van der Waals surface area contributed by atoms with Crippen LogP contribution in [-0.2, 0) is 4.79 Å². The molecule has 74 valence electrons. The van der Waals surface area contributed by atoms with Crippen molar-refractivity contribution in [3.05, 3.63) is 5.53 Å². The van der Waals surface area contributed by atoms with Gasteiger partial charge in [0.1, 0.15) is 0 Å². The molecule has 3 heteroatoms. The second kappa shape index (κ2) is 6.55. The van der Waals surface area contributed by atoms with Gasteiger partial charge in [-0.1, -0.05) is 27.2 Å². The van der Waals surface area contributed by atoms with Gasteiger partial charge in [0, 0.05) is 5.92 Å². The van der Waals surface area contributed by atoms with Gasteiger partial charge in [0.05, 0.1) is 0 Å². The van der Waals surface area contributed by atoms with Crippen molar-refractivity contribution >= 4 is 12.0 Å². The number of Topliss-reactive ketones (excluding diaryl/α,β-unsaturated/α-hetero) is 1. The lowest BCUT2D eigenvalue weighted by Gasteiger charge is -2.12. The number of carbonyl (C=O) groups excluding carboxylic acids is 1. The molecule has 0 heterocycles. The van der Waals surface area contributed by atoms with E-state index in [-0.39, 0.29) is 11.7 Å². The third kappa shape index (κ3) is 5.31. The number of rotatable bonds is 6. The van der Waals surface area contributed by atoms with Gasteiger partial charge in [-0.05, 0) is 18.8 Å². The zero-order valence-corrected chi connectivity index (χ0v) is 8.66. The Kier molecular flexibility index (Phi) is 6.07. The summed E-state index contributed by atoms with van der Waals surface area (Å²) in [5, 5.41) is 0. The Labute approximate surface area is 79.8 Å². The predicted octanol–water partition coefficient (Wildman–Crippen LogP) is 2.32. The number of nitrogens with zero attached hydrogens (tertiary/aromatic N) is 2. The first-order valence-corrected chi connectivity index (χ1v) is 4.83. The van der Waals surface area contributed by atoms with Crippen LogP contribution in [0.2, 0.25) is 0 Å².